The number of nitrogens with one attached hydrogen (secondary N) is 1. The van der Waals surface area contributed by atoms with Crippen LogP contribution in [0.15, 0.2) is 54.6 Å². The molecule has 53 heavy (non-hydrogen) atoms. The van der Waals surface area contributed by atoms with Crippen molar-refractivity contribution in [3.8, 4) is 16.9 Å². The Bertz CT molecular complexity index is 1740. The number of aliphatic hydroxyl groups excluding tert-OH is 1. The summed E-state index contributed by atoms with van der Waals surface area (Å²) in [5.74, 6) is -3.64. The van der Waals surface area contributed by atoms with Gasteiger partial charge in [0.15, 0.2) is 0 Å². The fourth-order valence-electron chi connectivity index (χ4n) is 5.99. The van der Waals surface area contributed by atoms with Crippen molar-refractivity contribution in [1.82, 2.24) is 15.1 Å². The average molecular weight is 733 g/mol. The van der Waals surface area contributed by atoms with Gasteiger partial charge in [-0.2, -0.15) is 0 Å². The van der Waals surface area contributed by atoms with E-state index in [0.29, 0.717) is 36.1 Å². The minimum Gasteiger partial charge on any atom is -0.507 e. The largest absolute Gasteiger partial charge is 0.507 e. The van der Waals surface area contributed by atoms with Crippen LogP contribution in [0.25, 0.3) is 11.1 Å². The molecule has 0 unspecified atom stereocenters. The normalized spacial score (nSPS) is 13.4. The molecule has 0 aliphatic heterocycles. The fraction of sp³-hybridized carbons (Fsp3) is 0.425. The van der Waals surface area contributed by atoms with Gasteiger partial charge in [0.05, 0.1) is 12.6 Å². The predicted octanol–water partition coefficient (Wildman–Crippen LogP) is 2.91. The van der Waals surface area contributed by atoms with E-state index >= 15 is 0 Å². The second-order valence-electron chi connectivity index (χ2n) is 13.4. The smallest absolute Gasteiger partial charge is 0.252 e. The first kappa shape index (κ1) is 42.4. The van der Waals surface area contributed by atoms with Crippen molar-refractivity contribution < 1.29 is 38.6 Å². The maximum Gasteiger partial charge on any atom is 0.252 e. The number of likely N-dealkylation sites (N-methyl/N-ethyl adjacent to an activating group) is 1. The van der Waals surface area contributed by atoms with E-state index in [1.165, 1.54) is 44.3 Å². The van der Waals surface area contributed by atoms with E-state index in [2.05, 4.69) is 5.32 Å². The van der Waals surface area contributed by atoms with Crippen molar-refractivity contribution in [3.05, 3.63) is 88.2 Å². The van der Waals surface area contributed by atoms with Crippen molar-refractivity contribution in [2.24, 2.45) is 11.5 Å². The number of benzene rings is 3. The molecule has 3 aromatic rings. The molecule has 4 amide bonds. The van der Waals surface area contributed by atoms with Crippen LogP contribution < -0.4 is 16.8 Å². The van der Waals surface area contributed by atoms with Crippen LogP contribution in [-0.2, 0) is 36.8 Å². The minimum atomic E-state index is -1.48. The number of hydrogen-bond acceptors (Lipinski definition) is 9. The maximum atomic E-state index is 14.8. The van der Waals surface area contributed by atoms with E-state index in [1.54, 1.807) is 12.1 Å². The molecular formula is C40H51FN5O7. The van der Waals surface area contributed by atoms with Gasteiger partial charge in [0.2, 0.25) is 24.0 Å². The number of carbonyl (C=O) groups is 4. The molecule has 7 N–H and O–H groups in total. The number of rotatable bonds is 18. The summed E-state index contributed by atoms with van der Waals surface area (Å²) in [7, 11) is 1.30. The van der Waals surface area contributed by atoms with Crippen LogP contribution in [0.1, 0.15) is 60.4 Å². The average Bonchev–Trinajstić information content (AvgIpc) is 3.13. The monoisotopic (exact) mass is 732 g/mol. The zero-order valence-electron chi connectivity index (χ0n) is 31.0. The van der Waals surface area contributed by atoms with Gasteiger partial charge in [0, 0.05) is 25.5 Å². The molecule has 0 spiro atoms. The lowest BCUT2D eigenvalue weighted by atomic mass is 9.93. The number of imide groups is 1. The lowest BCUT2D eigenvalue weighted by molar-refractivity contribution is -0.154. The number of halogens is 1. The zero-order valence-corrected chi connectivity index (χ0v) is 31.0. The number of phenols is 1. The van der Waals surface area contributed by atoms with Gasteiger partial charge in [-0.15, -0.1) is 0 Å². The molecule has 0 bridgehead atoms. The molecule has 3 rings (SSSR count). The van der Waals surface area contributed by atoms with Gasteiger partial charge in [0.25, 0.3) is 5.91 Å². The number of hydrogen-bond donors (Lipinski definition) is 5. The molecule has 12 nitrogen and oxygen atoms in total. The fourth-order valence-corrected chi connectivity index (χ4v) is 5.99. The number of aromatic hydroxyl groups is 1. The van der Waals surface area contributed by atoms with Crippen molar-refractivity contribution in [1.29, 1.82) is 0 Å². The summed E-state index contributed by atoms with van der Waals surface area (Å²) < 4.78 is 13.6. The van der Waals surface area contributed by atoms with Gasteiger partial charge in [-0.3, -0.25) is 28.9 Å². The molecule has 13 heteroatoms. The van der Waals surface area contributed by atoms with Crippen LogP contribution in [0.4, 0.5) is 4.39 Å². The highest BCUT2D eigenvalue weighted by atomic mass is 19.1. The van der Waals surface area contributed by atoms with Crippen LogP contribution in [-0.4, -0.2) is 94.3 Å². The van der Waals surface area contributed by atoms with Gasteiger partial charge >= 0.3 is 0 Å². The van der Waals surface area contributed by atoms with Crippen molar-refractivity contribution >= 4 is 29.9 Å². The van der Waals surface area contributed by atoms with E-state index < -0.39 is 60.2 Å². The molecule has 285 valence electrons. The van der Waals surface area contributed by atoms with Gasteiger partial charge < -0.3 is 31.9 Å². The second kappa shape index (κ2) is 19.7. The first-order valence-corrected chi connectivity index (χ1v) is 17.6. The topological polar surface area (TPSA) is 196 Å². The Morgan fingerprint density at radius 2 is 1.57 bits per heavy atom. The van der Waals surface area contributed by atoms with Gasteiger partial charge in [0.1, 0.15) is 29.7 Å². The summed E-state index contributed by atoms with van der Waals surface area (Å²) in [4.78, 5) is 69.4. The highest BCUT2D eigenvalue weighted by Gasteiger charge is 2.39. The molecule has 0 saturated carbocycles. The highest BCUT2D eigenvalue weighted by Crippen LogP contribution is 2.33. The molecule has 0 fully saturated rings. The summed E-state index contributed by atoms with van der Waals surface area (Å²) in [6.07, 6.45) is 2.53. The summed E-state index contributed by atoms with van der Waals surface area (Å²) >= 11 is 0. The molecule has 0 heterocycles. The second-order valence-corrected chi connectivity index (χ2v) is 13.4. The Morgan fingerprint density at radius 1 is 0.943 bits per heavy atom. The van der Waals surface area contributed by atoms with Crippen LogP contribution in [0, 0.1) is 26.6 Å². The summed E-state index contributed by atoms with van der Waals surface area (Å²) in [6.45, 7) is 6.81. The molecule has 0 aromatic heterocycles. The van der Waals surface area contributed by atoms with Crippen molar-refractivity contribution in [2.45, 2.75) is 90.4 Å². The summed E-state index contributed by atoms with van der Waals surface area (Å²) in [5.41, 5.74) is 16.8. The van der Waals surface area contributed by atoms with E-state index in [9.17, 15) is 38.6 Å². The third-order valence-corrected chi connectivity index (χ3v) is 9.47. The van der Waals surface area contributed by atoms with E-state index in [0.717, 1.165) is 32.1 Å². The highest BCUT2D eigenvalue weighted by molar-refractivity contribution is 6.02. The van der Waals surface area contributed by atoms with Crippen molar-refractivity contribution in [3.63, 3.8) is 0 Å². The van der Waals surface area contributed by atoms with Crippen LogP contribution in [0.3, 0.4) is 0 Å². The Kier molecular flexibility index (Phi) is 15.8. The van der Waals surface area contributed by atoms with Gasteiger partial charge in [-0.1, -0.05) is 30.3 Å². The van der Waals surface area contributed by atoms with E-state index in [4.69, 9.17) is 11.5 Å². The number of nitrogens with two attached hydrogens (primary N) is 2. The lowest BCUT2D eigenvalue weighted by Crippen LogP contribution is -2.59. The summed E-state index contributed by atoms with van der Waals surface area (Å²) in [5, 5.41) is 23.4. The van der Waals surface area contributed by atoms with Gasteiger partial charge in [-0.05, 0) is 118 Å². The number of carbonyl (C=O) groups excluding carboxylic acids is 5. The molecule has 3 aromatic carbocycles. The van der Waals surface area contributed by atoms with Gasteiger partial charge in [-0.25, -0.2) is 4.39 Å². The third-order valence-electron chi connectivity index (χ3n) is 9.47. The number of nitrogens with zero attached hydrogens (tertiary/aromatic N) is 2. The Balaban J connectivity index is 2.13. The maximum absolute atomic E-state index is 14.8. The third kappa shape index (κ3) is 11.3. The standard InChI is InChI=1S/C40H51FN5O7/c1-24-18-30(19-25(2)26(24)3)33-20-29(11-15-36(33)49)21-35(45(5)39(52)34(23-48)44-38(51)27(4)43)40(53)46(32(22-47)8-6-7-17-42)37(50)16-12-28-9-13-31(41)14-10-28/h9-11,13-15,18-20,27,32,34-35,48-49H,6-8,12,16-17,21,23,42-43H2,1-5H3,(H,44,51)/t27-,32+,34-,35-/m0/s1. The number of unbranched alkanes of at least 4 members (excludes halogenated alkanes) is 1. The lowest BCUT2D eigenvalue weighted by Gasteiger charge is -2.35. The molecule has 4 atom stereocenters. The number of amides is 4. The van der Waals surface area contributed by atoms with Crippen LogP contribution in [0.5, 0.6) is 5.75 Å². The Morgan fingerprint density at radius 3 is 2.13 bits per heavy atom. The van der Waals surface area contributed by atoms with Crippen molar-refractivity contribution in [2.75, 3.05) is 20.2 Å². The Labute approximate surface area is 310 Å². The number of phenolic OH excluding ortho intramolecular Hbond substituents is 1. The molecular weight excluding hydrogens is 681 g/mol. The number of aliphatic hydroxyl groups is 1. The zero-order chi connectivity index (χ0) is 39.4. The minimum absolute atomic E-state index is 0.0178. The van der Waals surface area contributed by atoms with Crippen LogP contribution >= 0.6 is 0 Å². The summed E-state index contributed by atoms with van der Waals surface area (Å²) in [6, 6.07) is 8.88. The first-order chi connectivity index (χ1) is 25.1. The quantitative estimate of drug-likeness (QED) is 0.122. The molecule has 0 saturated heterocycles. The molecule has 1 radical (unpaired) electrons. The first-order valence-electron chi connectivity index (χ1n) is 17.6. The predicted molar refractivity (Wildman–Crippen MR) is 200 cm³/mol. The Hall–Kier alpha value is -4.98. The molecule has 0 aliphatic rings. The van der Waals surface area contributed by atoms with E-state index in [1.807, 2.05) is 39.2 Å². The SMILES string of the molecule is Cc1cc(-c2cc(C[C@@H](C(=O)N(C(=O)CCc3ccc(F)cc3)[C@@H]([C]=O)CCCCN)N(C)C(=O)[C@H](CO)NC(=O)[C@H](C)N)ccc2O)cc(C)c1C. The van der Waals surface area contributed by atoms with Crippen LogP contribution in [0.2, 0.25) is 0 Å². The molecule has 0 aliphatic carbocycles. The van der Waals surface area contributed by atoms with E-state index in [-0.39, 0.29) is 31.4 Å². The number of aryl methyl sites for hydroxylation is 3.